The molecule has 0 aromatic carbocycles. The Bertz CT molecular complexity index is 326. The Morgan fingerprint density at radius 1 is 1.60 bits per heavy atom. The molecule has 0 aliphatic heterocycles. The van der Waals surface area contributed by atoms with Gasteiger partial charge >= 0.3 is 10.1 Å². The van der Waals surface area contributed by atoms with Gasteiger partial charge in [-0.1, -0.05) is 0 Å². The molecule has 0 fully saturated rings. The third-order valence-electron chi connectivity index (χ3n) is 0.819. The standard InChI is InChI=1S/C4H3BrO3S2/c5-3-1-2-9-4(3)10(6,7)8/h1-2H,(H,6,7,8). The third kappa shape index (κ3) is 1.57. The quantitative estimate of drug-likeness (QED) is 0.764. The van der Waals surface area contributed by atoms with Crippen LogP contribution < -0.4 is 0 Å². The molecule has 0 amide bonds. The zero-order valence-corrected chi connectivity index (χ0v) is 7.83. The largest absolute Gasteiger partial charge is 0.305 e. The summed E-state index contributed by atoms with van der Waals surface area (Å²) in [5.41, 5.74) is 0. The van der Waals surface area contributed by atoms with Crippen molar-refractivity contribution in [2.75, 3.05) is 0 Å². The van der Waals surface area contributed by atoms with E-state index in [4.69, 9.17) is 4.55 Å². The van der Waals surface area contributed by atoms with Gasteiger partial charge in [0.1, 0.15) is 0 Å². The Hall–Kier alpha value is 0.0900. The molecule has 0 spiro atoms. The molecule has 0 bridgehead atoms. The van der Waals surface area contributed by atoms with Crippen molar-refractivity contribution in [2.45, 2.75) is 4.21 Å². The highest BCUT2D eigenvalue weighted by atomic mass is 79.9. The van der Waals surface area contributed by atoms with Crippen LogP contribution in [0.2, 0.25) is 0 Å². The fourth-order valence-electron chi connectivity index (χ4n) is 0.464. The number of hydrogen-bond acceptors (Lipinski definition) is 3. The molecule has 1 rings (SSSR count). The van der Waals surface area contributed by atoms with E-state index in [0.29, 0.717) is 4.47 Å². The molecule has 0 aliphatic carbocycles. The molecule has 10 heavy (non-hydrogen) atoms. The summed E-state index contributed by atoms with van der Waals surface area (Å²) < 4.78 is 29.8. The minimum atomic E-state index is -4.02. The molecule has 1 heterocycles. The monoisotopic (exact) mass is 242 g/mol. The maximum atomic E-state index is 10.5. The molecule has 0 atom stereocenters. The lowest BCUT2D eigenvalue weighted by Crippen LogP contribution is -1.94. The Morgan fingerprint density at radius 3 is 2.40 bits per heavy atom. The highest BCUT2D eigenvalue weighted by Gasteiger charge is 2.14. The number of hydrogen-bond donors (Lipinski definition) is 1. The summed E-state index contributed by atoms with van der Waals surface area (Å²) in [7, 11) is -4.02. The minimum Gasteiger partial charge on any atom is -0.281 e. The predicted molar refractivity (Wildman–Crippen MR) is 41.8 cm³/mol. The zero-order valence-electron chi connectivity index (χ0n) is 4.61. The molecule has 0 saturated heterocycles. The summed E-state index contributed by atoms with van der Waals surface area (Å²) in [6.45, 7) is 0. The highest BCUT2D eigenvalue weighted by molar-refractivity contribution is 9.10. The van der Waals surface area contributed by atoms with Crippen molar-refractivity contribution in [3.63, 3.8) is 0 Å². The maximum Gasteiger partial charge on any atom is 0.305 e. The summed E-state index contributed by atoms with van der Waals surface area (Å²) in [4.78, 5) is 0. The lowest BCUT2D eigenvalue weighted by atomic mass is 10.7. The van der Waals surface area contributed by atoms with Gasteiger partial charge < -0.3 is 0 Å². The first-order valence-corrected chi connectivity index (χ1v) is 5.33. The van der Waals surface area contributed by atoms with Gasteiger partial charge in [0.2, 0.25) is 0 Å². The fourth-order valence-corrected chi connectivity index (χ4v) is 3.14. The van der Waals surface area contributed by atoms with Gasteiger partial charge in [0.05, 0.1) is 0 Å². The van der Waals surface area contributed by atoms with Crippen LogP contribution in [-0.2, 0) is 10.1 Å². The van der Waals surface area contributed by atoms with Crippen molar-refractivity contribution < 1.29 is 13.0 Å². The summed E-state index contributed by atoms with van der Waals surface area (Å²) in [5, 5.41) is 1.58. The molecule has 3 nitrogen and oxygen atoms in total. The summed E-state index contributed by atoms with van der Waals surface area (Å²) in [6, 6.07) is 1.56. The number of rotatable bonds is 1. The van der Waals surface area contributed by atoms with Crippen LogP contribution >= 0.6 is 27.3 Å². The minimum absolute atomic E-state index is 0.0486. The van der Waals surface area contributed by atoms with Crippen molar-refractivity contribution in [1.29, 1.82) is 0 Å². The van der Waals surface area contributed by atoms with Crippen LogP contribution in [0.1, 0.15) is 0 Å². The Labute approximate surface area is 70.6 Å². The lowest BCUT2D eigenvalue weighted by Gasteiger charge is -1.89. The van der Waals surface area contributed by atoms with E-state index < -0.39 is 10.1 Å². The van der Waals surface area contributed by atoms with Gasteiger partial charge in [-0.15, -0.1) is 11.3 Å². The van der Waals surface area contributed by atoms with E-state index in [1.165, 1.54) is 0 Å². The van der Waals surface area contributed by atoms with E-state index in [0.717, 1.165) is 11.3 Å². The molecule has 0 saturated carbocycles. The average Bonchev–Trinajstić information content (AvgIpc) is 2.11. The molecule has 0 unspecified atom stereocenters. The second-order valence-corrected chi connectivity index (χ2v) is 4.92. The van der Waals surface area contributed by atoms with Gasteiger partial charge in [0, 0.05) is 4.47 Å². The van der Waals surface area contributed by atoms with Crippen molar-refractivity contribution in [3.8, 4) is 0 Å². The summed E-state index contributed by atoms with van der Waals surface area (Å²) in [5.74, 6) is 0. The third-order valence-corrected chi connectivity index (χ3v) is 4.32. The molecular weight excluding hydrogens is 240 g/mol. The number of thiophene rings is 1. The van der Waals surface area contributed by atoms with Crippen molar-refractivity contribution in [2.24, 2.45) is 0 Å². The Morgan fingerprint density at radius 2 is 2.20 bits per heavy atom. The van der Waals surface area contributed by atoms with Crippen LogP contribution in [0.25, 0.3) is 0 Å². The second kappa shape index (κ2) is 2.61. The first-order chi connectivity index (χ1) is 4.52. The molecule has 6 heteroatoms. The van der Waals surface area contributed by atoms with E-state index in [1.54, 1.807) is 11.4 Å². The fraction of sp³-hybridized carbons (Fsp3) is 0. The van der Waals surface area contributed by atoms with Gasteiger partial charge in [0.15, 0.2) is 4.21 Å². The first kappa shape index (κ1) is 8.19. The SMILES string of the molecule is O=S(=O)(O)c1sccc1Br. The Balaban J connectivity index is 3.32. The van der Waals surface area contributed by atoms with Crippen LogP contribution in [0, 0.1) is 0 Å². The van der Waals surface area contributed by atoms with Gasteiger partial charge in [-0.3, -0.25) is 4.55 Å². The van der Waals surface area contributed by atoms with Crippen LogP contribution in [0.4, 0.5) is 0 Å². The molecule has 1 aromatic rings. The van der Waals surface area contributed by atoms with E-state index in [1.807, 2.05) is 0 Å². The van der Waals surface area contributed by atoms with Crippen LogP contribution in [0.5, 0.6) is 0 Å². The summed E-state index contributed by atoms with van der Waals surface area (Å²) in [6.07, 6.45) is 0. The molecule has 0 aliphatic rings. The Kier molecular flexibility index (Phi) is 2.14. The first-order valence-electron chi connectivity index (χ1n) is 2.22. The summed E-state index contributed by atoms with van der Waals surface area (Å²) >= 11 is 3.94. The normalized spacial score (nSPS) is 11.8. The molecule has 1 N–H and O–H groups in total. The van der Waals surface area contributed by atoms with E-state index in [9.17, 15) is 8.42 Å². The molecule has 1 aromatic heterocycles. The van der Waals surface area contributed by atoms with Crippen LogP contribution in [0.3, 0.4) is 0 Å². The second-order valence-electron chi connectivity index (χ2n) is 1.53. The van der Waals surface area contributed by atoms with E-state index in [-0.39, 0.29) is 4.21 Å². The van der Waals surface area contributed by atoms with Gasteiger partial charge in [-0.2, -0.15) is 8.42 Å². The van der Waals surface area contributed by atoms with Gasteiger partial charge in [-0.05, 0) is 27.4 Å². The van der Waals surface area contributed by atoms with E-state index in [2.05, 4.69) is 15.9 Å². The van der Waals surface area contributed by atoms with E-state index >= 15 is 0 Å². The molecule has 0 radical (unpaired) electrons. The average molecular weight is 243 g/mol. The smallest absolute Gasteiger partial charge is 0.281 e. The predicted octanol–water partition coefficient (Wildman–Crippen LogP) is 1.76. The van der Waals surface area contributed by atoms with Crippen LogP contribution in [-0.4, -0.2) is 13.0 Å². The molecular formula is C4H3BrO3S2. The van der Waals surface area contributed by atoms with Gasteiger partial charge in [0.25, 0.3) is 0 Å². The van der Waals surface area contributed by atoms with Gasteiger partial charge in [-0.25, -0.2) is 0 Å². The maximum absolute atomic E-state index is 10.5. The zero-order chi connectivity index (χ0) is 7.78. The van der Waals surface area contributed by atoms with Crippen LogP contribution in [0.15, 0.2) is 20.1 Å². The van der Waals surface area contributed by atoms with Crippen molar-refractivity contribution >= 4 is 37.4 Å². The number of halogens is 1. The topological polar surface area (TPSA) is 54.4 Å². The molecule has 56 valence electrons. The highest BCUT2D eigenvalue weighted by Crippen LogP contribution is 2.26. The lowest BCUT2D eigenvalue weighted by molar-refractivity contribution is 0.485. The van der Waals surface area contributed by atoms with Crippen molar-refractivity contribution in [3.05, 3.63) is 15.9 Å². The van der Waals surface area contributed by atoms with Crippen molar-refractivity contribution in [1.82, 2.24) is 0 Å².